The van der Waals surface area contributed by atoms with Gasteiger partial charge in [-0.2, -0.15) is 0 Å². The van der Waals surface area contributed by atoms with Crippen molar-refractivity contribution in [2.24, 2.45) is 0 Å². The van der Waals surface area contributed by atoms with Gasteiger partial charge in [-0.25, -0.2) is 9.89 Å². The zero-order valence-corrected chi connectivity index (χ0v) is 13.6. The molecule has 0 aliphatic rings. The number of carbonyl (C=O) groups excluding carboxylic acids is 1. The van der Waals surface area contributed by atoms with Crippen LogP contribution in [-0.2, 0) is 17.9 Å². The van der Waals surface area contributed by atoms with Crippen LogP contribution in [0.4, 0.5) is 0 Å². The molecule has 1 unspecified atom stereocenters. The number of H-pyrrole nitrogens is 1. The van der Waals surface area contributed by atoms with Crippen molar-refractivity contribution < 1.29 is 4.79 Å². The van der Waals surface area contributed by atoms with Gasteiger partial charge in [0.1, 0.15) is 0 Å². The van der Waals surface area contributed by atoms with Gasteiger partial charge in [0, 0.05) is 11.4 Å². The van der Waals surface area contributed by atoms with E-state index in [1.54, 1.807) is 15.9 Å². The molecule has 2 heterocycles. The topological polar surface area (TPSA) is 79.8 Å². The van der Waals surface area contributed by atoms with Gasteiger partial charge >= 0.3 is 5.69 Å². The maximum absolute atomic E-state index is 12.1. The summed E-state index contributed by atoms with van der Waals surface area (Å²) in [6.07, 6.45) is 0.839. The van der Waals surface area contributed by atoms with Crippen LogP contribution in [0.5, 0.6) is 0 Å². The predicted molar refractivity (Wildman–Crippen MR) is 84.6 cm³/mol. The first-order valence-corrected chi connectivity index (χ1v) is 8.49. The number of aromatic nitrogens is 3. The van der Waals surface area contributed by atoms with Gasteiger partial charge < -0.3 is 5.32 Å². The minimum atomic E-state index is -0.309. The molecule has 1 amide bonds. The van der Waals surface area contributed by atoms with Crippen molar-refractivity contribution in [2.45, 2.75) is 43.8 Å². The highest BCUT2D eigenvalue weighted by molar-refractivity contribution is 8.00. The van der Waals surface area contributed by atoms with E-state index in [4.69, 9.17) is 0 Å². The van der Waals surface area contributed by atoms with Crippen LogP contribution in [0.15, 0.2) is 27.5 Å². The van der Waals surface area contributed by atoms with Crippen LogP contribution in [0.2, 0.25) is 0 Å². The molecule has 2 aromatic rings. The third kappa shape index (κ3) is 4.21. The Balaban J connectivity index is 1.92. The Labute approximate surface area is 131 Å². The van der Waals surface area contributed by atoms with Crippen LogP contribution in [0.25, 0.3) is 0 Å². The second kappa shape index (κ2) is 7.46. The minimum absolute atomic E-state index is 0.0631. The summed E-state index contributed by atoms with van der Waals surface area (Å²) in [5.41, 5.74) is -0.231. The molecule has 21 heavy (non-hydrogen) atoms. The number of hydrogen-bond acceptors (Lipinski definition) is 5. The molecular weight excluding hydrogens is 308 g/mol. The summed E-state index contributed by atoms with van der Waals surface area (Å²) in [5.74, 6) is -0.0631. The van der Waals surface area contributed by atoms with Gasteiger partial charge in [-0.3, -0.25) is 9.36 Å². The number of nitrogens with one attached hydrogen (secondary N) is 2. The third-order valence-corrected chi connectivity index (χ3v) is 4.81. The minimum Gasteiger partial charge on any atom is -0.350 e. The van der Waals surface area contributed by atoms with E-state index in [2.05, 4.69) is 15.5 Å². The van der Waals surface area contributed by atoms with Gasteiger partial charge in [-0.1, -0.05) is 24.8 Å². The van der Waals surface area contributed by atoms with Crippen LogP contribution < -0.4 is 11.0 Å². The van der Waals surface area contributed by atoms with Gasteiger partial charge in [0.15, 0.2) is 5.16 Å². The molecule has 0 radical (unpaired) electrons. The average molecular weight is 326 g/mol. The maximum atomic E-state index is 12.1. The molecule has 0 spiro atoms. The van der Waals surface area contributed by atoms with Crippen molar-refractivity contribution in [3.05, 3.63) is 32.9 Å². The summed E-state index contributed by atoms with van der Waals surface area (Å²) < 4.78 is 1.56. The van der Waals surface area contributed by atoms with Crippen LogP contribution in [0, 0.1) is 0 Å². The molecule has 6 nitrogen and oxygen atoms in total. The second-order valence-electron chi connectivity index (χ2n) is 4.52. The van der Waals surface area contributed by atoms with E-state index in [1.165, 1.54) is 11.8 Å². The van der Waals surface area contributed by atoms with Crippen molar-refractivity contribution in [1.29, 1.82) is 0 Å². The number of nitrogens with zero attached hydrogens (tertiary/aromatic N) is 2. The van der Waals surface area contributed by atoms with E-state index in [0.29, 0.717) is 18.2 Å². The van der Waals surface area contributed by atoms with E-state index >= 15 is 0 Å². The summed E-state index contributed by atoms with van der Waals surface area (Å²) in [7, 11) is 0. The molecule has 0 aromatic carbocycles. The van der Waals surface area contributed by atoms with Crippen molar-refractivity contribution in [1.82, 2.24) is 20.1 Å². The number of carbonyl (C=O) groups is 1. The molecule has 0 saturated carbocycles. The first-order chi connectivity index (χ1) is 10.1. The van der Waals surface area contributed by atoms with Crippen LogP contribution in [0.3, 0.4) is 0 Å². The average Bonchev–Trinajstić information content (AvgIpc) is 3.09. The lowest BCUT2D eigenvalue weighted by Crippen LogP contribution is -2.30. The Hall–Kier alpha value is -1.54. The molecule has 0 aliphatic heterocycles. The number of thiophene rings is 1. The smallest absolute Gasteiger partial charge is 0.343 e. The highest BCUT2D eigenvalue weighted by atomic mass is 32.2. The molecule has 0 aliphatic carbocycles. The van der Waals surface area contributed by atoms with Crippen LogP contribution in [-0.4, -0.2) is 25.9 Å². The molecule has 0 bridgehead atoms. The van der Waals surface area contributed by atoms with Gasteiger partial charge in [0.25, 0.3) is 0 Å². The van der Waals surface area contributed by atoms with Gasteiger partial charge in [-0.05, 0) is 24.8 Å². The molecular formula is C13H18N4O2S2. The molecule has 1 atom stereocenters. The Morgan fingerprint density at radius 3 is 3.10 bits per heavy atom. The fourth-order valence-electron chi connectivity index (χ4n) is 1.76. The van der Waals surface area contributed by atoms with Crippen molar-refractivity contribution in [3.63, 3.8) is 0 Å². The van der Waals surface area contributed by atoms with Gasteiger partial charge in [-0.15, -0.1) is 16.4 Å². The lowest BCUT2D eigenvalue weighted by atomic mass is 10.4. The zero-order valence-electron chi connectivity index (χ0n) is 12.0. The number of amides is 1. The molecule has 0 fully saturated rings. The Morgan fingerprint density at radius 2 is 2.43 bits per heavy atom. The number of thioether (sulfide) groups is 1. The molecule has 2 rings (SSSR count). The fourth-order valence-corrected chi connectivity index (χ4v) is 3.31. The van der Waals surface area contributed by atoms with E-state index < -0.39 is 0 Å². The van der Waals surface area contributed by atoms with Crippen molar-refractivity contribution in [2.75, 3.05) is 0 Å². The third-order valence-electron chi connectivity index (χ3n) is 2.84. The standard InChI is InChI=1S/C13H18N4O2S2/c1-3-6-17-12(19)15-16-13(17)21-9(2)11(18)14-8-10-5-4-7-20-10/h4-5,7,9H,3,6,8H2,1-2H3,(H,14,18)(H,15,19). The van der Waals surface area contributed by atoms with Crippen LogP contribution in [0.1, 0.15) is 25.1 Å². The summed E-state index contributed by atoms with van der Waals surface area (Å²) >= 11 is 2.90. The predicted octanol–water partition coefficient (Wildman–Crippen LogP) is 1.84. The fraction of sp³-hybridized carbons (Fsp3) is 0.462. The monoisotopic (exact) mass is 326 g/mol. The highest BCUT2D eigenvalue weighted by Crippen LogP contribution is 2.20. The van der Waals surface area contributed by atoms with Gasteiger partial charge in [0.2, 0.25) is 5.91 Å². The summed E-state index contributed by atoms with van der Waals surface area (Å²) in [4.78, 5) is 24.8. The Kier molecular flexibility index (Phi) is 5.63. The first-order valence-electron chi connectivity index (χ1n) is 6.73. The quantitative estimate of drug-likeness (QED) is 0.761. The van der Waals surface area contributed by atoms with E-state index in [0.717, 1.165) is 11.3 Å². The van der Waals surface area contributed by atoms with Crippen molar-refractivity contribution >= 4 is 29.0 Å². The largest absolute Gasteiger partial charge is 0.350 e. The number of rotatable bonds is 7. The second-order valence-corrected chi connectivity index (χ2v) is 6.86. The summed E-state index contributed by atoms with van der Waals surface area (Å²) in [6, 6.07) is 3.94. The zero-order chi connectivity index (χ0) is 15.2. The lowest BCUT2D eigenvalue weighted by molar-refractivity contribution is -0.120. The molecule has 2 aromatic heterocycles. The maximum Gasteiger partial charge on any atom is 0.343 e. The van der Waals surface area contributed by atoms with E-state index in [-0.39, 0.29) is 16.8 Å². The number of aromatic amines is 1. The van der Waals surface area contributed by atoms with Crippen LogP contribution >= 0.6 is 23.1 Å². The lowest BCUT2D eigenvalue weighted by Gasteiger charge is -2.11. The highest BCUT2D eigenvalue weighted by Gasteiger charge is 2.18. The number of hydrogen-bond donors (Lipinski definition) is 2. The molecule has 2 N–H and O–H groups in total. The summed E-state index contributed by atoms with van der Waals surface area (Å²) in [6.45, 7) is 4.93. The Bertz CT molecular complexity index is 633. The van der Waals surface area contributed by atoms with E-state index in [1.807, 2.05) is 31.4 Å². The molecule has 114 valence electrons. The SMILES string of the molecule is CCCn1c(SC(C)C(=O)NCc2cccs2)n[nH]c1=O. The van der Waals surface area contributed by atoms with Gasteiger partial charge in [0.05, 0.1) is 11.8 Å². The molecule has 0 saturated heterocycles. The van der Waals surface area contributed by atoms with E-state index in [9.17, 15) is 9.59 Å². The van der Waals surface area contributed by atoms with Crippen molar-refractivity contribution in [3.8, 4) is 0 Å². The molecule has 8 heteroatoms. The normalized spacial score (nSPS) is 12.3. The first kappa shape index (κ1) is 15.8. The Morgan fingerprint density at radius 1 is 1.62 bits per heavy atom. The summed E-state index contributed by atoms with van der Waals surface area (Å²) in [5, 5.41) is 11.5.